The van der Waals surface area contributed by atoms with Crippen molar-refractivity contribution in [2.24, 2.45) is 0 Å². The Kier molecular flexibility index (Phi) is 5.35. The van der Waals surface area contributed by atoms with Gasteiger partial charge in [-0.25, -0.2) is 0 Å². The van der Waals surface area contributed by atoms with Crippen LogP contribution in [-0.2, 0) is 6.54 Å². The molecule has 2 rings (SSSR count). The summed E-state index contributed by atoms with van der Waals surface area (Å²) in [5.41, 5.74) is 2.39. The molecule has 0 fully saturated rings. The lowest BCUT2D eigenvalue weighted by molar-refractivity contribution is -0.689. The lowest BCUT2D eigenvalue weighted by Gasteiger charge is -2.05. The van der Waals surface area contributed by atoms with Crippen LogP contribution in [0.3, 0.4) is 0 Å². The van der Waals surface area contributed by atoms with E-state index in [2.05, 4.69) is 32.2 Å². The van der Waals surface area contributed by atoms with Gasteiger partial charge in [0, 0.05) is 11.1 Å². The third-order valence-corrected chi connectivity index (χ3v) is 2.80. The molecule has 0 saturated carbocycles. The normalized spacial score (nSPS) is 10.2. The zero-order chi connectivity index (χ0) is 12.3. The minimum Gasteiger partial charge on any atom is -1.00 e. The van der Waals surface area contributed by atoms with Crippen LogP contribution in [0.2, 0.25) is 0 Å². The van der Waals surface area contributed by atoms with Crippen molar-refractivity contribution in [2.45, 2.75) is 26.3 Å². The molecule has 0 aliphatic rings. The second kappa shape index (κ2) is 6.55. The van der Waals surface area contributed by atoms with E-state index in [1.807, 2.05) is 28.8 Å². The lowest BCUT2D eigenvalue weighted by atomic mass is 10.1. The fourth-order valence-electron chi connectivity index (χ4n) is 1.85. The number of halogens is 1. The summed E-state index contributed by atoms with van der Waals surface area (Å²) in [6.07, 6.45) is 3.86. The highest BCUT2D eigenvalue weighted by atomic mass is 79.9. The van der Waals surface area contributed by atoms with Gasteiger partial charge in [0.1, 0.15) is 0 Å². The quantitative estimate of drug-likeness (QED) is 0.784. The zero-order valence-electron chi connectivity index (χ0n) is 10.7. The topological polar surface area (TPSA) is 24.1 Å². The molecule has 1 heterocycles. The van der Waals surface area contributed by atoms with E-state index in [0.717, 1.165) is 12.1 Å². The van der Waals surface area contributed by atoms with Crippen LogP contribution >= 0.6 is 0 Å². The molecule has 0 amide bonds. The predicted molar refractivity (Wildman–Crippen MR) is 67.9 cm³/mol. The van der Waals surface area contributed by atoms with E-state index in [4.69, 9.17) is 0 Å². The van der Waals surface area contributed by atoms with Gasteiger partial charge in [-0.3, -0.25) is 0 Å². The Balaban J connectivity index is 0.00000162. The molecule has 1 N–H and O–H groups in total. The highest BCUT2D eigenvalue weighted by Gasteiger charge is 2.10. The molecular formula is C15H18BrNO. The predicted octanol–water partition coefficient (Wildman–Crippen LogP) is -0.145. The summed E-state index contributed by atoms with van der Waals surface area (Å²) in [6.45, 7) is 5.04. The van der Waals surface area contributed by atoms with E-state index < -0.39 is 0 Å². The van der Waals surface area contributed by atoms with Crippen LogP contribution in [0.1, 0.15) is 30.9 Å². The Morgan fingerprint density at radius 3 is 2.39 bits per heavy atom. The molecule has 0 aliphatic carbocycles. The van der Waals surface area contributed by atoms with Crippen LogP contribution in [0.4, 0.5) is 0 Å². The first-order valence-corrected chi connectivity index (χ1v) is 5.92. The molecule has 2 aromatic rings. The summed E-state index contributed by atoms with van der Waals surface area (Å²) < 4.78 is 2.03. The van der Waals surface area contributed by atoms with Crippen LogP contribution in [0.25, 0.3) is 0 Å². The van der Waals surface area contributed by atoms with Gasteiger partial charge in [-0.2, -0.15) is 4.57 Å². The third kappa shape index (κ3) is 3.84. The number of pyridine rings is 1. The fraction of sp³-hybridized carbons (Fsp3) is 0.267. The summed E-state index contributed by atoms with van der Waals surface area (Å²) in [4.78, 5) is 0. The molecule has 2 nitrogen and oxygen atoms in total. The Morgan fingerprint density at radius 1 is 1.11 bits per heavy atom. The highest BCUT2D eigenvalue weighted by molar-refractivity contribution is 5.22. The minimum absolute atomic E-state index is 0. The van der Waals surface area contributed by atoms with Crippen molar-refractivity contribution in [3.63, 3.8) is 0 Å². The number of rotatable bonds is 3. The standard InChI is InChI=1S/C15H17NO.BrH/c1-12(2)14-8-15(17)11-16(10-14)9-13-6-4-3-5-7-13;/h3-8,10-12H,9H2,1-2H3;1H. The van der Waals surface area contributed by atoms with Gasteiger partial charge in [-0.15, -0.1) is 0 Å². The maximum atomic E-state index is 9.70. The van der Waals surface area contributed by atoms with Gasteiger partial charge >= 0.3 is 0 Å². The van der Waals surface area contributed by atoms with Crippen molar-refractivity contribution in [1.29, 1.82) is 0 Å². The van der Waals surface area contributed by atoms with E-state index in [0.29, 0.717) is 11.7 Å². The van der Waals surface area contributed by atoms with Gasteiger partial charge in [0.05, 0.1) is 0 Å². The van der Waals surface area contributed by atoms with Gasteiger partial charge < -0.3 is 22.1 Å². The molecule has 1 aromatic carbocycles. The number of hydrogen-bond donors (Lipinski definition) is 1. The third-order valence-electron chi connectivity index (χ3n) is 2.80. The smallest absolute Gasteiger partial charge is 0.211 e. The Hall–Kier alpha value is -1.35. The number of aromatic nitrogens is 1. The first kappa shape index (κ1) is 14.7. The monoisotopic (exact) mass is 307 g/mol. The van der Waals surface area contributed by atoms with Crippen LogP contribution < -0.4 is 21.5 Å². The first-order valence-electron chi connectivity index (χ1n) is 5.92. The van der Waals surface area contributed by atoms with E-state index in [1.165, 1.54) is 5.56 Å². The Morgan fingerprint density at radius 2 is 1.78 bits per heavy atom. The van der Waals surface area contributed by atoms with Crippen molar-refractivity contribution in [3.8, 4) is 5.75 Å². The molecule has 0 atom stereocenters. The minimum atomic E-state index is 0. The molecule has 0 spiro atoms. The van der Waals surface area contributed by atoms with Crippen molar-refractivity contribution in [3.05, 3.63) is 59.9 Å². The molecule has 18 heavy (non-hydrogen) atoms. The number of hydrogen-bond acceptors (Lipinski definition) is 1. The molecule has 0 radical (unpaired) electrons. The average Bonchev–Trinajstić information content (AvgIpc) is 2.29. The summed E-state index contributed by atoms with van der Waals surface area (Å²) in [5, 5.41) is 9.70. The van der Waals surface area contributed by atoms with Gasteiger partial charge in [0.25, 0.3) is 0 Å². The summed E-state index contributed by atoms with van der Waals surface area (Å²) in [7, 11) is 0. The highest BCUT2D eigenvalue weighted by Crippen LogP contribution is 2.16. The van der Waals surface area contributed by atoms with Crippen LogP contribution in [0.5, 0.6) is 5.75 Å². The van der Waals surface area contributed by atoms with Crippen molar-refractivity contribution in [1.82, 2.24) is 0 Å². The number of nitrogens with zero attached hydrogens (tertiary/aromatic N) is 1. The van der Waals surface area contributed by atoms with E-state index in [-0.39, 0.29) is 17.0 Å². The maximum absolute atomic E-state index is 9.70. The zero-order valence-corrected chi connectivity index (χ0v) is 12.3. The summed E-state index contributed by atoms with van der Waals surface area (Å²) in [5.74, 6) is 0.747. The molecular weight excluding hydrogens is 290 g/mol. The lowest BCUT2D eigenvalue weighted by Crippen LogP contribution is -3.00. The van der Waals surface area contributed by atoms with Crippen LogP contribution in [-0.4, -0.2) is 5.11 Å². The van der Waals surface area contributed by atoms with E-state index >= 15 is 0 Å². The summed E-state index contributed by atoms with van der Waals surface area (Å²) >= 11 is 0. The SMILES string of the molecule is CC(C)c1cc(O)c[n+](Cc2ccccc2)c1.[Br-]. The average molecular weight is 308 g/mol. The van der Waals surface area contributed by atoms with Gasteiger partial charge in [0.15, 0.2) is 18.5 Å². The molecule has 0 saturated heterocycles. The van der Waals surface area contributed by atoms with Gasteiger partial charge in [-0.1, -0.05) is 44.2 Å². The van der Waals surface area contributed by atoms with Crippen molar-refractivity contribution >= 4 is 0 Å². The fourth-order valence-corrected chi connectivity index (χ4v) is 1.85. The van der Waals surface area contributed by atoms with Crippen LogP contribution in [0.15, 0.2) is 48.8 Å². The second-order valence-electron chi connectivity index (χ2n) is 4.64. The van der Waals surface area contributed by atoms with Crippen LogP contribution in [0, 0.1) is 0 Å². The first-order chi connectivity index (χ1) is 8.15. The molecule has 0 aliphatic heterocycles. The Labute approximate surface area is 119 Å². The number of benzene rings is 1. The van der Waals surface area contributed by atoms with Gasteiger partial charge in [0.2, 0.25) is 6.20 Å². The molecule has 0 bridgehead atoms. The number of aromatic hydroxyl groups is 1. The van der Waals surface area contributed by atoms with Gasteiger partial charge in [-0.05, 0) is 12.0 Å². The molecule has 0 unspecified atom stereocenters. The Bertz CT molecular complexity index is 497. The maximum Gasteiger partial charge on any atom is 0.211 e. The largest absolute Gasteiger partial charge is 1.00 e. The summed E-state index contributed by atoms with van der Waals surface area (Å²) in [6, 6.07) is 12.1. The molecule has 1 aromatic heterocycles. The van der Waals surface area contributed by atoms with E-state index in [1.54, 1.807) is 6.20 Å². The van der Waals surface area contributed by atoms with E-state index in [9.17, 15) is 5.11 Å². The van der Waals surface area contributed by atoms with Crippen molar-refractivity contribution in [2.75, 3.05) is 0 Å². The molecule has 3 heteroatoms. The molecule has 96 valence electrons. The second-order valence-corrected chi connectivity index (χ2v) is 4.64. The van der Waals surface area contributed by atoms with Crippen molar-refractivity contribution < 1.29 is 26.7 Å².